The van der Waals surface area contributed by atoms with E-state index in [9.17, 15) is 9.18 Å². The van der Waals surface area contributed by atoms with Crippen LogP contribution in [0.2, 0.25) is 0 Å². The van der Waals surface area contributed by atoms with Crippen LogP contribution in [-0.2, 0) is 0 Å². The zero-order valence-corrected chi connectivity index (χ0v) is 17.4. The molecule has 31 heavy (non-hydrogen) atoms. The van der Waals surface area contributed by atoms with Crippen molar-refractivity contribution in [1.29, 1.82) is 0 Å². The number of hydrogen-bond acceptors (Lipinski definition) is 5. The number of carbonyl (C=O) groups is 1. The first-order chi connectivity index (χ1) is 15.0. The highest BCUT2D eigenvalue weighted by Gasteiger charge is 2.22. The van der Waals surface area contributed by atoms with Gasteiger partial charge in [-0.25, -0.2) is 9.37 Å². The number of nitrogens with zero attached hydrogens (tertiary/aromatic N) is 4. The third kappa shape index (κ3) is 3.50. The molecule has 4 heterocycles. The summed E-state index contributed by atoms with van der Waals surface area (Å²) >= 11 is 0. The number of aromatic nitrogens is 4. The summed E-state index contributed by atoms with van der Waals surface area (Å²) < 4.78 is 15.9. The van der Waals surface area contributed by atoms with Crippen LogP contribution in [0.25, 0.3) is 16.6 Å². The van der Waals surface area contributed by atoms with E-state index in [1.165, 1.54) is 6.07 Å². The molecule has 5 rings (SSSR count). The van der Waals surface area contributed by atoms with Gasteiger partial charge in [-0.1, -0.05) is 0 Å². The molecule has 0 saturated carbocycles. The number of hydrogen-bond donors (Lipinski definition) is 3. The smallest absolute Gasteiger partial charge is 0.257 e. The second-order valence-electron chi connectivity index (χ2n) is 7.98. The van der Waals surface area contributed by atoms with E-state index in [0.29, 0.717) is 28.5 Å². The fraction of sp³-hybridized carbons (Fsp3) is 0.318. The van der Waals surface area contributed by atoms with Gasteiger partial charge >= 0.3 is 0 Å². The molecule has 0 atom stereocenters. The third-order valence-corrected chi connectivity index (χ3v) is 5.97. The average molecular weight is 421 g/mol. The highest BCUT2D eigenvalue weighted by Crippen LogP contribution is 2.30. The van der Waals surface area contributed by atoms with Gasteiger partial charge in [0.25, 0.3) is 5.91 Å². The van der Waals surface area contributed by atoms with Crippen molar-refractivity contribution in [2.75, 3.05) is 30.4 Å². The molecule has 1 aromatic carbocycles. The van der Waals surface area contributed by atoms with Gasteiger partial charge in [-0.15, -0.1) is 0 Å². The molecule has 4 aromatic rings. The molecule has 1 saturated heterocycles. The Morgan fingerprint density at radius 3 is 2.84 bits per heavy atom. The van der Waals surface area contributed by atoms with Crippen molar-refractivity contribution in [1.82, 2.24) is 24.9 Å². The second kappa shape index (κ2) is 7.66. The lowest BCUT2D eigenvalue weighted by Crippen LogP contribution is -2.41. The van der Waals surface area contributed by atoms with E-state index >= 15 is 0 Å². The Hall–Kier alpha value is -3.46. The van der Waals surface area contributed by atoms with Crippen molar-refractivity contribution >= 4 is 33.8 Å². The normalized spacial score (nSPS) is 15.1. The van der Waals surface area contributed by atoms with Crippen LogP contribution in [0.4, 0.5) is 15.8 Å². The molecular weight excluding hydrogens is 397 g/mol. The minimum Gasteiger partial charge on any atom is -0.371 e. The summed E-state index contributed by atoms with van der Waals surface area (Å²) in [6.07, 6.45) is 7.26. The number of aromatic amines is 1. The molecule has 1 amide bonds. The standard InChI is InChI=1S/C22H24FN7O/c1-13-11-30-12-15(9-18(23)21(30)26-13)27-22(31)16-3-4-19(17-10-25-28-20(16)17)29-7-5-14(24-2)6-8-29/h3-4,9-12,14,24H,5-8H2,1-2H3,(H,25,28)(H,27,31). The molecule has 0 bridgehead atoms. The lowest BCUT2D eigenvalue weighted by molar-refractivity contribution is 0.102. The predicted octanol–water partition coefficient (Wildman–Crippen LogP) is 3.10. The van der Waals surface area contributed by atoms with Crippen LogP contribution in [-0.4, -0.2) is 51.7 Å². The van der Waals surface area contributed by atoms with Crippen LogP contribution in [0.15, 0.2) is 36.8 Å². The van der Waals surface area contributed by atoms with E-state index in [4.69, 9.17) is 0 Å². The summed E-state index contributed by atoms with van der Waals surface area (Å²) in [5, 5.41) is 14.2. The Morgan fingerprint density at radius 2 is 2.06 bits per heavy atom. The minimum atomic E-state index is -0.488. The Labute approximate surface area is 178 Å². The lowest BCUT2D eigenvalue weighted by atomic mass is 10.0. The first-order valence-electron chi connectivity index (χ1n) is 10.4. The predicted molar refractivity (Wildman–Crippen MR) is 118 cm³/mol. The van der Waals surface area contributed by atoms with Gasteiger partial charge in [0.05, 0.1) is 28.7 Å². The number of H-pyrrole nitrogens is 1. The molecule has 0 aliphatic carbocycles. The molecule has 3 N–H and O–H groups in total. The molecule has 0 unspecified atom stereocenters. The fourth-order valence-electron chi connectivity index (χ4n) is 4.34. The highest BCUT2D eigenvalue weighted by molar-refractivity contribution is 6.13. The first-order valence-corrected chi connectivity index (χ1v) is 10.4. The average Bonchev–Trinajstić information content (AvgIpc) is 3.39. The molecule has 9 heteroatoms. The topological polar surface area (TPSA) is 90.4 Å². The van der Waals surface area contributed by atoms with Gasteiger partial charge in [-0.05, 0) is 38.9 Å². The monoisotopic (exact) mass is 421 g/mol. The van der Waals surface area contributed by atoms with Gasteiger partial charge in [0, 0.05) is 48.7 Å². The number of carbonyl (C=O) groups excluding carboxylic acids is 1. The van der Waals surface area contributed by atoms with Gasteiger partial charge in [0.15, 0.2) is 11.5 Å². The van der Waals surface area contributed by atoms with Crippen molar-refractivity contribution in [2.24, 2.45) is 0 Å². The van der Waals surface area contributed by atoms with E-state index in [0.717, 1.165) is 37.0 Å². The molecule has 160 valence electrons. The Morgan fingerprint density at radius 1 is 1.26 bits per heavy atom. The number of nitrogens with one attached hydrogen (secondary N) is 3. The number of anilines is 2. The molecule has 1 aliphatic rings. The van der Waals surface area contributed by atoms with E-state index in [-0.39, 0.29) is 11.6 Å². The van der Waals surface area contributed by atoms with E-state index in [1.54, 1.807) is 36.0 Å². The molecule has 0 radical (unpaired) electrons. The number of benzene rings is 1. The number of piperidine rings is 1. The Balaban J connectivity index is 1.43. The lowest BCUT2D eigenvalue weighted by Gasteiger charge is -2.33. The van der Waals surface area contributed by atoms with Crippen molar-refractivity contribution in [2.45, 2.75) is 25.8 Å². The molecule has 0 spiro atoms. The molecule has 1 fully saturated rings. The number of imidazole rings is 1. The number of fused-ring (bicyclic) bond motifs is 2. The third-order valence-electron chi connectivity index (χ3n) is 5.97. The summed E-state index contributed by atoms with van der Waals surface area (Å²) in [4.78, 5) is 19.5. The largest absolute Gasteiger partial charge is 0.371 e. The SMILES string of the molecule is CNC1CCN(c2ccc(C(=O)Nc3cc(F)c4nc(C)cn4c3)c3[nH]ncc23)CC1. The van der Waals surface area contributed by atoms with E-state index in [2.05, 4.69) is 30.7 Å². The van der Waals surface area contributed by atoms with Gasteiger partial charge in [-0.3, -0.25) is 9.89 Å². The maximum Gasteiger partial charge on any atom is 0.257 e. The maximum absolute atomic E-state index is 14.4. The Bertz CT molecular complexity index is 1270. The minimum absolute atomic E-state index is 0.234. The zero-order valence-electron chi connectivity index (χ0n) is 17.4. The summed E-state index contributed by atoms with van der Waals surface area (Å²) in [6, 6.07) is 5.59. The van der Waals surface area contributed by atoms with Crippen LogP contribution in [0.3, 0.4) is 0 Å². The molecular formula is C22H24FN7O. The number of aryl methyl sites for hydroxylation is 1. The fourth-order valence-corrected chi connectivity index (χ4v) is 4.34. The quantitative estimate of drug-likeness (QED) is 0.471. The van der Waals surface area contributed by atoms with Gasteiger partial charge < -0.3 is 19.9 Å². The number of amides is 1. The Kier molecular flexibility index (Phi) is 4.82. The van der Waals surface area contributed by atoms with E-state index < -0.39 is 5.82 Å². The van der Waals surface area contributed by atoms with Crippen LogP contribution >= 0.6 is 0 Å². The van der Waals surface area contributed by atoms with Gasteiger partial charge in [0.1, 0.15) is 0 Å². The number of halogens is 1. The summed E-state index contributed by atoms with van der Waals surface area (Å²) in [7, 11) is 2.00. The zero-order chi connectivity index (χ0) is 21.5. The van der Waals surface area contributed by atoms with E-state index in [1.807, 2.05) is 13.1 Å². The van der Waals surface area contributed by atoms with Gasteiger partial charge in [0.2, 0.25) is 0 Å². The van der Waals surface area contributed by atoms with Crippen molar-refractivity contribution < 1.29 is 9.18 Å². The second-order valence-corrected chi connectivity index (χ2v) is 7.98. The first kappa shape index (κ1) is 19.5. The maximum atomic E-state index is 14.4. The molecule has 8 nitrogen and oxygen atoms in total. The van der Waals surface area contributed by atoms with Crippen LogP contribution < -0.4 is 15.5 Å². The van der Waals surface area contributed by atoms with Crippen LogP contribution in [0.5, 0.6) is 0 Å². The summed E-state index contributed by atoms with van der Waals surface area (Å²) in [5.74, 6) is -0.816. The van der Waals surface area contributed by atoms with Crippen LogP contribution in [0.1, 0.15) is 28.9 Å². The summed E-state index contributed by atoms with van der Waals surface area (Å²) in [5.41, 5.74) is 3.50. The van der Waals surface area contributed by atoms with Crippen molar-refractivity contribution in [3.63, 3.8) is 0 Å². The molecule has 1 aliphatic heterocycles. The van der Waals surface area contributed by atoms with Gasteiger partial charge in [-0.2, -0.15) is 5.10 Å². The highest BCUT2D eigenvalue weighted by atomic mass is 19.1. The van der Waals surface area contributed by atoms with Crippen molar-refractivity contribution in [3.8, 4) is 0 Å². The number of pyridine rings is 1. The summed E-state index contributed by atoms with van der Waals surface area (Å²) in [6.45, 7) is 3.68. The number of rotatable bonds is 4. The van der Waals surface area contributed by atoms with Crippen LogP contribution in [0, 0.1) is 12.7 Å². The van der Waals surface area contributed by atoms with Crippen molar-refractivity contribution in [3.05, 3.63) is 53.9 Å². The molecule has 3 aromatic heterocycles.